The second-order valence-electron chi connectivity index (χ2n) is 5.75. The van der Waals surface area contributed by atoms with E-state index in [-0.39, 0.29) is 18.5 Å². The summed E-state index contributed by atoms with van der Waals surface area (Å²) >= 11 is 3.35. The molecule has 0 spiro atoms. The number of anilines is 1. The molecule has 1 N–H and O–H groups in total. The van der Waals surface area contributed by atoms with Crippen LogP contribution in [0.4, 0.5) is 18.9 Å². The van der Waals surface area contributed by atoms with Crippen molar-refractivity contribution in [2.24, 2.45) is 0 Å². The molecule has 0 saturated heterocycles. The van der Waals surface area contributed by atoms with Crippen molar-refractivity contribution in [3.8, 4) is 11.3 Å². The quantitative estimate of drug-likeness (QED) is 0.556. The third-order valence-electron chi connectivity index (χ3n) is 3.72. The van der Waals surface area contributed by atoms with E-state index in [1.54, 1.807) is 6.20 Å². The standard InChI is InChI=1S/C19H14BrF3N2O2/c20-14-6-4-12(5-7-14)16-11-24-18(27-16)9-8-17(26)25-15-3-1-2-13(10-15)19(21,22)23/h1-7,10-11H,8-9H2,(H,25,26). The fraction of sp³-hybridized carbons (Fsp3) is 0.158. The minimum atomic E-state index is -4.46. The van der Waals surface area contributed by atoms with Gasteiger partial charge >= 0.3 is 6.18 Å². The zero-order chi connectivity index (χ0) is 19.4. The predicted molar refractivity (Wildman–Crippen MR) is 98.0 cm³/mol. The van der Waals surface area contributed by atoms with Gasteiger partial charge < -0.3 is 9.73 Å². The van der Waals surface area contributed by atoms with Gasteiger partial charge in [0, 0.05) is 28.6 Å². The molecule has 0 aliphatic carbocycles. The van der Waals surface area contributed by atoms with E-state index in [4.69, 9.17) is 4.42 Å². The third kappa shape index (κ3) is 5.19. The van der Waals surface area contributed by atoms with Crippen molar-refractivity contribution in [3.05, 3.63) is 70.7 Å². The number of carbonyl (C=O) groups is 1. The number of aryl methyl sites for hydroxylation is 1. The van der Waals surface area contributed by atoms with Crippen LogP contribution in [0.3, 0.4) is 0 Å². The van der Waals surface area contributed by atoms with Gasteiger partial charge in [0.2, 0.25) is 5.91 Å². The highest BCUT2D eigenvalue weighted by Crippen LogP contribution is 2.30. The Morgan fingerprint density at radius 3 is 2.59 bits per heavy atom. The number of nitrogens with zero attached hydrogens (tertiary/aromatic N) is 1. The smallest absolute Gasteiger partial charge is 0.416 e. The van der Waals surface area contributed by atoms with Gasteiger partial charge in [-0.2, -0.15) is 13.2 Å². The van der Waals surface area contributed by atoms with E-state index in [2.05, 4.69) is 26.2 Å². The molecule has 3 rings (SSSR count). The van der Waals surface area contributed by atoms with Crippen LogP contribution in [-0.4, -0.2) is 10.9 Å². The maximum absolute atomic E-state index is 12.7. The van der Waals surface area contributed by atoms with E-state index in [0.717, 1.165) is 22.2 Å². The second kappa shape index (κ2) is 7.96. The number of amides is 1. The lowest BCUT2D eigenvalue weighted by Crippen LogP contribution is -2.13. The highest BCUT2D eigenvalue weighted by molar-refractivity contribution is 9.10. The first-order valence-electron chi connectivity index (χ1n) is 7.99. The predicted octanol–water partition coefficient (Wildman–Crippen LogP) is 5.69. The molecule has 0 aliphatic rings. The molecule has 0 radical (unpaired) electrons. The number of benzene rings is 2. The first-order valence-corrected chi connectivity index (χ1v) is 8.78. The summed E-state index contributed by atoms with van der Waals surface area (Å²) in [6.07, 6.45) is -2.61. The number of aromatic nitrogens is 1. The number of halogens is 4. The summed E-state index contributed by atoms with van der Waals surface area (Å²) in [4.78, 5) is 16.1. The minimum absolute atomic E-state index is 0.0382. The average molecular weight is 439 g/mol. The summed E-state index contributed by atoms with van der Waals surface area (Å²) in [5.41, 5.74) is 0.135. The van der Waals surface area contributed by atoms with Gasteiger partial charge in [-0.05, 0) is 30.3 Å². The fourth-order valence-electron chi connectivity index (χ4n) is 2.39. The summed E-state index contributed by atoms with van der Waals surface area (Å²) < 4.78 is 44.7. The molecule has 1 aromatic heterocycles. The Morgan fingerprint density at radius 2 is 1.89 bits per heavy atom. The number of oxazole rings is 1. The molecule has 2 aromatic carbocycles. The van der Waals surface area contributed by atoms with Crippen molar-refractivity contribution < 1.29 is 22.4 Å². The molecule has 8 heteroatoms. The molecule has 3 aromatic rings. The van der Waals surface area contributed by atoms with Crippen LogP contribution in [0.5, 0.6) is 0 Å². The molecular weight excluding hydrogens is 425 g/mol. The Bertz CT molecular complexity index is 937. The molecule has 0 unspecified atom stereocenters. The van der Waals surface area contributed by atoms with Crippen LogP contribution in [-0.2, 0) is 17.4 Å². The van der Waals surface area contributed by atoms with Crippen LogP contribution >= 0.6 is 15.9 Å². The van der Waals surface area contributed by atoms with E-state index in [1.807, 2.05) is 24.3 Å². The number of hydrogen-bond acceptors (Lipinski definition) is 3. The summed E-state index contributed by atoms with van der Waals surface area (Å²) in [5, 5.41) is 2.46. The highest BCUT2D eigenvalue weighted by atomic mass is 79.9. The van der Waals surface area contributed by atoms with E-state index < -0.39 is 17.6 Å². The van der Waals surface area contributed by atoms with Gasteiger partial charge in [0.25, 0.3) is 0 Å². The molecular formula is C19H14BrF3N2O2. The van der Waals surface area contributed by atoms with Crippen molar-refractivity contribution in [1.82, 2.24) is 4.98 Å². The van der Waals surface area contributed by atoms with Crippen molar-refractivity contribution >= 4 is 27.5 Å². The van der Waals surface area contributed by atoms with Gasteiger partial charge in [0.15, 0.2) is 11.7 Å². The van der Waals surface area contributed by atoms with Gasteiger partial charge in [-0.1, -0.05) is 34.1 Å². The zero-order valence-corrected chi connectivity index (χ0v) is 15.5. The molecule has 0 saturated carbocycles. The number of rotatable bonds is 5. The summed E-state index contributed by atoms with van der Waals surface area (Å²) in [5.74, 6) is 0.542. The molecule has 27 heavy (non-hydrogen) atoms. The normalized spacial score (nSPS) is 11.4. The Morgan fingerprint density at radius 1 is 1.15 bits per heavy atom. The molecule has 4 nitrogen and oxygen atoms in total. The average Bonchev–Trinajstić information content (AvgIpc) is 3.09. The SMILES string of the molecule is O=C(CCc1ncc(-c2ccc(Br)cc2)o1)Nc1cccc(C(F)(F)F)c1. The summed E-state index contributed by atoms with van der Waals surface area (Å²) in [6.45, 7) is 0. The first kappa shape index (κ1) is 19.2. The Kier molecular flexibility index (Phi) is 5.65. The first-order chi connectivity index (χ1) is 12.8. The number of carbonyl (C=O) groups excluding carboxylic acids is 1. The fourth-order valence-corrected chi connectivity index (χ4v) is 2.66. The lowest BCUT2D eigenvalue weighted by atomic mass is 10.2. The van der Waals surface area contributed by atoms with E-state index in [9.17, 15) is 18.0 Å². The Hall–Kier alpha value is -2.61. The lowest BCUT2D eigenvalue weighted by molar-refractivity contribution is -0.137. The molecule has 0 fully saturated rings. The molecule has 140 valence electrons. The molecule has 0 aliphatic heterocycles. The van der Waals surface area contributed by atoms with Crippen LogP contribution in [0.1, 0.15) is 17.9 Å². The number of nitrogens with one attached hydrogen (secondary N) is 1. The van der Waals surface area contributed by atoms with Gasteiger partial charge in [-0.3, -0.25) is 4.79 Å². The van der Waals surface area contributed by atoms with Gasteiger partial charge in [0.1, 0.15) is 0 Å². The molecule has 1 amide bonds. The molecule has 0 bridgehead atoms. The summed E-state index contributed by atoms with van der Waals surface area (Å²) in [6, 6.07) is 12.0. The zero-order valence-electron chi connectivity index (χ0n) is 13.9. The van der Waals surface area contributed by atoms with Crippen LogP contribution in [0.25, 0.3) is 11.3 Å². The molecule has 1 heterocycles. The van der Waals surface area contributed by atoms with E-state index in [0.29, 0.717) is 11.7 Å². The Balaban J connectivity index is 1.58. The second-order valence-corrected chi connectivity index (χ2v) is 6.67. The maximum Gasteiger partial charge on any atom is 0.416 e. The van der Waals surface area contributed by atoms with E-state index in [1.165, 1.54) is 12.1 Å². The summed E-state index contributed by atoms with van der Waals surface area (Å²) in [7, 11) is 0. The number of hydrogen-bond donors (Lipinski definition) is 1. The van der Waals surface area contributed by atoms with Crippen molar-refractivity contribution in [1.29, 1.82) is 0 Å². The highest BCUT2D eigenvalue weighted by Gasteiger charge is 2.30. The van der Waals surface area contributed by atoms with Crippen LogP contribution < -0.4 is 5.32 Å². The monoisotopic (exact) mass is 438 g/mol. The van der Waals surface area contributed by atoms with E-state index >= 15 is 0 Å². The number of alkyl halides is 3. The maximum atomic E-state index is 12.7. The van der Waals surface area contributed by atoms with Crippen molar-refractivity contribution in [3.63, 3.8) is 0 Å². The van der Waals surface area contributed by atoms with Gasteiger partial charge in [0.05, 0.1) is 11.8 Å². The topological polar surface area (TPSA) is 55.1 Å². The van der Waals surface area contributed by atoms with Crippen LogP contribution in [0.15, 0.2) is 63.6 Å². The lowest BCUT2D eigenvalue weighted by Gasteiger charge is -2.09. The van der Waals surface area contributed by atoms with Crippen LogP contribution in [0, 0.1) is 0 Å². The largest absolute Gasteiger partial charge is 0.441 e. The Labute approximate surface area is 161 Å². The van der Waals surface area contributed by atoms with Crippen molar-refractivity contribution in [2.75, 3.05) is 5.32 Å². The minimum Gasteiger partial charge on any atom is -0.441 e. The van der Waals surface area contributed by atoms with Gasteiger partial charge in [-0.25, -0.2) is 4.98 Å². The van der Waals surface area contributed by atoms with Gasteiger partial charge in [-0.15, -0.1) is 0 Å². The third-order valence-corrected chi connectivity index (χ3v) is 4.25. The van der Waals surface area contributed by atoms with Crippen molar-refractivity contribution in [2.45, 2.75) is 19.0 Å². The van der Waals surface area contributed by atoms with Crippen LogP contribution in [0.2, 0.25) is 0 Å². The molecule has 0 atom stereocenters.